The number of benzene rings is 1. The Morgan fingerprint density at radius 3 is 2.07 bits per heavy atom. The van der Waals surface area contributed by atoms with Gasteiger partial charge in [-0.25, -0.2) is 9.97 Å². The van der Waals surface area contributed by atoms with Crippen LogP contribution in [0.1, 0.15) is 27.7 Å². The average Bonchev–Trinajstić information content (AvgIpc) is 2.75. The molecule has 0 N–H and O–H groups in total. The van der Waals surface area contributed by atoms with Gasteiger partial charge in [-0.2, -0.15) is 0 Å². The lowest BCUT2D eigenvalue weighted by Crippen LogP contribution is -2.41. The van der Waals surface area contributed by atoms with Crippen molar-refractivity contribution in [2.75, 3.05) is 0 Å². The van der Waals surface area contributed by atoms with E-state index >= 15 is 0 Å². The summed E-state index contributed by atoms with van der Waals surface area (Å²) in [6.45, 7) is 7.73. The molecule has 1 saturated heterocycles. The van der Waals surface area contributed by atoms with Crippen molar-refractivity contribution in [1.29, 1.82) is 0 Å². The maximum Gasteiger partial charge on any atom is 0.573 e. The van der Waals surface area contributed by atoms with Gasteiger partial charge in [0.25, 0.3) is 0 Å². The summed E-state index contributed by atoms with van der Waals surface area (Å²) in [5.74, 6) is -0.283. The molecule has 1 aromatic heterocycles. The van der Waals surface area contributed by atoms with Gasteiger partial charge in [-0.05, 0) is 39.8 Å². The molecular weight excluding hydrogens is 364 g/mol. The zero-order chi connectivity index (χ0) is 19.9. The highest BCUT2D eigenvalue weighted by Gasteiger charge is 2.52. The van der Waals surface area contributed by atoms with Crippen LogP contribution < -0.4 is 14.9 Å². The van der Waals surface area contributed by atoms with E-state index in [1.165, 1.54) is 30.6 Å². The summed E-state index contributed by atoms with van der Waals surface area (Å²) in [4.78, 5) is 8.12. The number of nitrogens with zero attached hydrogens (tertiary/aromatic N) is 2. The van der Waals surface area contributed by atoms with Crippen molar-refractivity contribution in [3.05, 3.63) is 36.7 Å². The van der Waals surface area contributed by atoms with Gasteiger partial charge < -0.3 is 18.8 Å². The molecule has 1 aliphatic heterocycles. The fraction of sp³-hybridized carbons (Fsp3) is 0.412. The standard InChI is InChI=1S/C17H18BF3N2O4/c1-15(2)16(3,4)27-18(26-15)11-9-22-14(23-10-11)24-12-6-5-7-13(8-12)25-17(19,20)21/h5-10H,1-4H3. The van der Waals surface area contributed by atoms with Crippen LogP contribution in [-0.4, -0.2) is 34.7 Å². The molecule has 0 radical (unpaired) electrons. The van der Waals surface area contributed by atoms with E-state index in [0.29, 0.717) is 5.46 Å². The van der Waals surface area contributed by atoms with Crippen LogP contribution in [0.4, 0.5) is 13.2 Å². The topological polar surface area (TPSA) is 62.7 Å². The van der Waals surface area contributed by atoms with Crippen LogP contribution in [0.25, 0.3) is 0 Å². The molecule has 1 fully saturated rings. The normalized spacial score (nSPS) is 18.4. The minimum Gasteiger partial charge on any atom is -0.424 e. The van der Waals surface area contributed by atoms with Crippen LogP contribution in [0.2, 0.25) is 0 Å². The minimum absolute atomic E-state index is 0.0283. The lowest BCUT2D eigenvalue weighted by molar-refractivity contribution is -0.274. The average molecular weight is 382 g/mol. The van der Waals surface area contributed by atoms with Crippen molar-refractivity contribution in [1.82, 2.24) is 9.97 Å². The third-order valence-electron chi connectivity index (χ3n) is 4.42. The summed E-state index contributed by atoms with van der Waals surface area (Å²) in [5, 5.41) is 0. The van der Waals surface area contributed by atoms with Gasteiger partial charge in [0.05, 0.1) is 11.2 Å². The van der Waals surface area contributed by atoms with E-state index in [2.05, 4.69) is 14.7 Å². The molecule has 1 aromatic carbocycles. The largest absolute Gasteiger partial charge is 0.573 e. The molecule has 10 heteroatoms. The highest BCUT2D eigenvalue weighted by molar-refractivity contribution is 6.61. The second-order valence-corrected chi connectivity index (χ2v) is 7.01. The molecule has 27 heavy (non-hydrogen) atoms. The van der Waals surface area contributed by atoms with Gasteiger partial charge >= 0.3 is 19.5 Å². The maximum absolute atomic E-state index is 12.3. The fourth-order valence-electron chi connectivity index (χ4n) is 2.32. The molecule has 0 saturated carbocycles. The molecule has 6 nitrogen and oxygen atoms in total. The van der Waals surface area contributed by atoms with Crippen molar-refractivity contribution >= 4 is 12.6 Å². The van der Waals surface area contributed by atoms with Gasteiger partial charge in [-0.15, -0.1) is 13.2 Å². The Labute approximate surface area is 154 Å². The molecule has 3 rings (SSSR count). The highest BCUT2D eigenvalue weighted by atomic mass is 19.4. The smallest absolute Gasteiger partial charge is 0.424 e. The van der Waals surface area contributed by atoms with Gasteiger partial charge in [0.2, 0.25) is 0 Å². The van der Waals surface area contributed by atoms with E-state index in [0.717, 1.165) is 6.07 Å². The lowest BCUT2D eigenvalue weighted by Gasteiger charge is -2.32. The van der Waals surface area contributed by atoms with E-state index in [9.17, 15) is 13.2 Å². The van der Waals surface area contributed by atoms with Crippen molar-refractivity contribution in [2.24, 2.45) is 0 Å². The third kappa shape index (κ3) is 4.51. The quantitative estimate of drug-likeness (QED) is 0.755. The summed E-state index contributed by atoms with van der Waals surface area (Å²) < 4.78 is 57.9. The predicted molar refractivity (Wildman–Crippen MR) is 90.9 cm³/mol. The number of alkyl halides is 3. The fourth-order valence-corrected chi connectivity index (χ4v) is 2.32. The lowest BCUT2D eigenvalue weighted by atomic mass is 9.81. The molecule has 0 unspecified atom stereocenters. The first-order chi connectivity index (χ1) is 12.5. The molecule has 0 spiro atoms. The Kier molecular flexibility index (Phi) is 4.81. The first kappa shape index (κ1) is 19.4. The van der Waals surface area contributed by atoms with Crippen molar-refractivity contribution in [3.63, 3.8) is 0 Å². The van der Waals surface area contributed by atoms with Crippen LogP contribution in [0.5, 0.6) is 17.5 Å². The maximum atomic E-state index is 12.3. The van der Waals surface area contributed by atoms with E-state index in [4.69, 9.17) is 14.0 Å². The van der Waals surface area contributed by atoms with E-state index in [1.54, 1.807) is 0 Å². The number of rotatable bonds is 4. The van der Waals surface area contributed by atoms with Crippen molar-refractivity contribution in [3.8, 4) is 17.5 Å². The van der Waals surface area contributed by atoms with Crippen LogP contribution in [0.3, 0.4) is 0 Å². The number of aromatic nitrogens is 2. The Bertz CT molecular complexity index is 797. The van der Waals surface area contributed by atoms with E-state index < -0.39 is 30.4 Å². The highest BCUT2D eigenvalue weighted by Crippen LogP contribution is 2.36. The number of halogens is 3. The van der Waals surface area contributed by atoms with Crippen LogP contribution in [0, 0.1) is 0 Å². The molecule has 0 bridgehead atoms. The molecule has 1 aliphatic rings. The molecular formula is C17H18BF3N2O4. The van der Waals surface area contributed by atoms with Gasteiger partial charge in [0.1, 0.15) is 11.5 Å². The zero-order valence-electron chi connectivity index (χ0n) is 15.2. The first-order valence-electron chi connectivity index (χ1n) is 8.16. The molecule has 144 valence electrons. The number of hydrogen-bond acceptors (Lipinski definition) is 6. The predicted octanol–water partition coefficient (Wildman–Crippen LogP) is 3.47. The van der Waals surface area contributed by atoms with E-state index in [1.807, 2.05) is 27.7 Å². The third-order valence-corrected chi connectivity index (χ3v) is 4.42. The molecule has 2 aromatic rings. The monoisotopic (exact) mass is 382 g/mol. The molecule has 0 atom stereocenters. The van der Waals surface area contributed by atoms with Gasteiger partial charge in [-0.1, -0.05) is 6.07 Å². The first-order valence-corrected chi connectivity index (χ1v) is 8.16. The summed E-state index contributed by atoms with van der Waals surface area (Å²) in [7, 11) is -0.618. The molecule has 2 heterocycles. The summed E-state index contributed by atoms with van der Waals surface area (Å²) in [6, 6.07) is 5.07. The Morgan fingerprint density at radius 2 is 1.52 bits per heavy atom. The number of ether oxygens (including phenoxy) is 2. The van der Waals surface area contributed by atoms with Crippen LogP contribution in [-0.2, 0) is 9.31 Å². The van der Waals surface area contributed by atoms with Crippen molar-refractivity contribution in [2.45, 2.75) is 45.3 Å². The zero-order valence-corrected chi connectivity index (χ0v) is 15.2. The second-order valence-electron chi connectivity index (χ2n) is 7.01. The molecule has 0 amide bonds. The number of hydrogen-bond donors (Lipinski definition) is 0. The Balaban J connectivity index is 1.69. The SMILES string of the molecule is CC1(C)OB(c2cnc(Oc3cccc(OC(F)(F)F)c3)nc2)OC1(C)C. The van der Waals surface area contributed by atoms with Crippen LogP contribution >= 0.6 is 0 Å². The second kappa shape index (κ2) is 6.68. The molecule has 0 aliphatic carbocycles. The summed E-state index contributed by atoms with van der Waals surface area (Å²) >= 11 is 0. The summed E-state index contributed by atoms with van der Waals surface area (Å²) in [6.07, 6.45) is -1.80. The summed E-state index contributed by atoms with van der Waals surface area (Å²) in [5.41, 5.74) is -0.382. The van der Waals surface area contributed by atoms with Gasteiger partial charge in [0.15, 0.2) is 0 Å². The Morgan fingerprint density at radius 1 is 0.963 bits per heavy atom. The minimum atomic E-state index is -4.78. The van der Waals surface area contributed by atoms with Gasteiger partial charge in [-0.3, -0.25) is 0 Å². The van der Waals surface area contributed by atoms with Crippen LogP contribution in [0.15, 0.2) is 36.7 Å². The van der Waals surface area contributed by atoms with E-state index in [-0.39, 0.29) is 11.8 Å². The van der Waals surface area contributed by atoms with Gasteiger partial charge in [0, 0.05) is 23.9 Å². The Hall–Kier alpha value is -2.33. The van der Waals surface area contributed by atoms with Crippen molar-refractivity contribution < 1.29 is 32.0 Å².